The average Bonchev–Trinajstić information content (AvgIpc) is 2.62. The van der Waals surface area contributed by atoms with E-state index < -0.39 is 0 Å². The second kappa shape index (κ2) is 10.5. The molecule has 2 rings (SSSR count). The molecule has 0 aliphatic rings. The van der Waals surface area contributed by atoms with Gasteiger partial charge in [0, 0.05) is 37.3 Å². The minimum Gasteiger partial charge on any atom is -0.496 e. The number of guanidine groups is 1. The lowest BCUT2D eigenvalue weighted by atomic mass is 10.2. The molecule has 0 fully saturated rings. The van der Waals surface area contributed by atoms with E-state index in [0.29, 0.717) is 24.6 Å². The Morgan fingerprint density at radius 2 is 1.64 bits per heavy atom. The molecule has 0 aliphatic carbocycles. The molecule has 2 aromatic carbocycles. The first kappa shape index (κ1) is 20.7. The van der Waals surface area contributed by atoms with Crippen LogP contribution in [-0.4, -0.2) is 25.0 Å². The highest BCUT2D eigenvalue weighted by molar-refractivity contribution is 14.0. The van der Waals surface area contributed by atoms with Gasteiger partial charge in [0.2, 0.25) is 0 Å². The Labute approximate surface area is 163 Å². The van der Waals surface area contributed by atoms with Crippen LogP contribution in [0.15, 0.2) is 53.5 Å². The minimum absolute atomic E-state index is 0. The number of nitrogens with zero attached hydrogens (tertiary/aromatic N) is 2. The molecule has 0 atom stereocenters. The van der Waals surface area contributed by atoms with Crippen molar-refractivity contribution >= 4 is 35.6 Å². The predicted octanol–water partition coefficient (Wildman–Crippen LogP) is 3.09. The van der Waals surface area contributed by atoms with Gasteiger partial charge in [0.05, 0.1) is 12.0 Å². The number of halogens is 1. The fourth-order valence-corrected chi connectivity index (χ4v) is 2.27. The van der Waals surface area contributed by atoms with Crippen LogP contribution in [0.5, 0.6) is 5.75 Å². The van der Waals surface area contributed by atoms with Crippen molar-refractivity contribution in [2.24, 2.45) is 4.99 Å². The van der Waals surface area contributed by atoms with Gasteiger partial charge in [-0.15, -0.1) is 24.0 Å². The van der Waals surface area contributed by atoms with Gasteiger partial charge in [0.1, 0.15) is 5.75 Å². The van der Waals surface area contributed by atoms with Crippen LogP contribution in [-0.2, 0) is 13.1 Å². The largest absolute Gasteiger partial charge is 0.496 e. The third kappa shape index (κ3) is 5.89. The van der Waals surface area contributed by atoms with E-state index in [0.717, 1.165) is 11.3 Å². The Morgan fingerprint density at radius 1 is 1.08 bits per heavy atom. The molecule has 0 aliphatic heterocycles. The van der Waals surface area contributed by atoms with E-state index in [9.17, 15) is 10.1 Å². The Hall–Kier alpha value is -2.36. The monoisotopic (exact) mass is 456 g/mol. The molecule has 0 spiro atoms. The number of hydrogen-bond acceptors (Lipinski definition) is 4. The Morgan fingerprint density at radius 3 is 2.24 bits per heavy atom. The molecule has 0 radical (unpaired) electrons. The summed E-state index contributed by atoms with van der Waals surface area (Å²) >= 11 is 0. The van der Waals surface area contributed by atoms with E-state index in [1.807, 2.05) is 24.3 Å². The molecule has 2 aromatic rings. The second-order valence-corrected chi connectivity index (χ2v) is 4.98. The number of ether oxygens (including phenoxy) is 1. The summed E-state index contributed by atoms with van der Waals surface area (Å²) in [7, 11) is 3.28. The molecule has 0 amide bonds. The zero-order valence-electron chi connectivity index (χ0n) is 14.1. The smallest absolute Gasteiger partial charge is 0.274 e. The van der Waals surface area contributed by atoms with Gasteiger partial charge in [-0.1, -0.05) is 36.4 Å². The number of methoxy groups -OCH3 is 1. The Bertz CT molecular complexity index is 737. The van der Waals surface area contributed by atoms with E-state index in [1.54, 1.807) is 32.4 Å². The van der Waals surface area contributed by atoms with Crippen LogP contribution >= 0.6 is 24.0 Å². The van der Waals surface area contributed by atoms with Gasteiger partial charge < -0.3 is 15.4 Å². The molecule has 0 heterocycles. The number of para-hydroxylation sites is 2. The van der Waals surface area contributed by atoms with Gasteiger partial charge in [-0.3, -0.25) is 15.1 Å². The summed E-state index contributed by atoms with van der Waals surface area (Å²) in [4.78, 5) is 14.8. The molecule has 25 heavy (non-hydrogen) atoms. The zero-order chi connectivity index (χ0) is 17.4. The summed E-state index contributed by atoms with van der Waals surface area (Å²) in [6.45, 7) is 0.837. The van der Waals surface area contributed by atoms with Crippen molar-refractivity contribution in [2.75, 3.05) is 14.2 Å². The van der Waals surface area contributed by atoms with Crippen molar-refractivity contribution < 1.29 is 9.66 Å². The standard InChI is InChI=1S/C17H20N4O3.HI/c1-18-17(20-12-14-8-4-6-10-16(14)24-2)19-11-13-7-3-5-9-15(13)21(22)23;/h3-10H,11-12H2,1-2H3,(H2,18,19,20);1H. The fraction of sp³-hybridized carbons (Fsp3) is 0.235. The van der Waals surface area contributed by atoms with E-state index >= 15 is 0 Å². The van der Waals surface area contributed by atoms with Crippen molar-refractivity contribution in [3.63, 3.8) is 0 Å². The number of benzene rings is 2. The van der Waals surface area contributed by atoms with Crippen molar-refractivity contribution in [1.29, 1.82) is 0 Å². The van der Waals surface area contributed by atoms with Crippen LogP contribution in [0.4, 0.5) is 5.69 Å². The molecule has 7 nitrogen and oxygen atoms in total. The third-order valence-electron chi connectivity index (χ3n) is 3.50. The van der Waals surface area contributed by atoms with Crippen LogP contribution in [0.1, 0.15) is 11.1 Å². The summed E-state index contributed by atoms with van der Waals surface area (Å²) in [6.07, 6.45) is 0. The number of hydrogen-bond donors (Lipinski definition) is 2. The molecular weight excluding hydrogens is 435 g/mol. The molecule has 0 bridgehead atoms. The van der Waals surface area contributed by atoms with Gasteiger partial charge in [0.25, 0.3) is 5.69 Å². The molecule has 0 aromatic heterocycles. The van der Waals surface area contributed by atoms with Gasteiger partial charge in [0.15, 0.2) is 5.96 Å². The van der Waals surface area contributed by atoms with Gasteiger partial charge >= 0.3 is 0 Å². The molecule has 8 heteroatoms. The molecule has 0 saturated carbocycles. The lowest BCUT2D eigenvalue weighted by Gasteiger charge is -2.13. The first-order valence-electron chi connectivity index (χ1n) is 7.44. The van der Waals surface area contributed by atoms with E-state index in [1.165, 1.54) is 6.07 Å². The van der Waals surface area contributed by atoms with E-state index in [2.05, 4.69) is 15.6 Å². The number of rotatable bonds is 6. The highest BCUT2D eigenvalue weighted by Crippen LogP contribution is 2.18. The molecule has 0 unspecified atom stereocenters. The highest BCUT2D eigenvalue weighted by atomic mass is 127. The topological polar surface area (TPSA) is 88.8 Å². The molecule has 134 valence electrons. The third-order valence-corrected chi connectivity index (χ3v) is 3.50. The van der Waals surface area contributed by atoms with Crippen molar-refractivity contribution in [3.8, 4) is 5.75 Å². The predicted molar refractivity (Wildman–Crippen MR) is 109 cm³/mol. The Kier molecular flexibility index (Phi) is 8.68. The van der Waals surface area contributed by atoms with Crippen molar-refractivity contribution in [2.45, 2.75) is 13.1 Å². The summed E-state index contributed by atoms with van der Waals surface area (Å²) in [5, 5.41) is 17.3. The van der Waals surface area contributed by atoms with Crippen LogP contribution < -0.4 is 15.4 Å². The quantitative estimate of drug-likeness (QED) is 0.229. The summed E-state index contributed by atoms with van der Waals surface area (Å²) < 4.78 is 5.31. The number of nitrogens with one attached hydrogen (secondary N) is 2. The maximum Gasteiger partial charge on any atom is 0.274 e. The molecule has 0 saturated heterocycles. The molecular formula is C17H21IN4O3. The number of nitro benzene ring substituents is 1. The number of nitro groups is 1. The summed E-state index contributed by atoms with van der Waals surface area (Å²) in [5.41, 5.74) is 1.68. The van der Waals surface area contributed by atoms with E-state index in [4.69, 9.17) is 4.74 Å². The van der Waals surface area contributed by atoms with Crippen LogP contribution in [0.25, 0.3) is 0 Å². The Balaban J connectivity index is 0.00000312. The van der Waals surface area contributed by atoms with Gasteiger partial charge in [-0.05, 0) is 6.07 Å². The zero-order valence-corrected chi connectivity index (χ0v) is 16.4. The van der Waals surface area contributed by atoms with Crippen molar-refractivity contribution in [1.82, 2.24) is 10.6 Å². The average molecular weight is 456 g/mol. The SMILES string of the molecule is CN=C(NCc1ccccc1OC)NCc1ccccc1[N+](=O)[O-].I. The van der Waals surface area contributed by atoms with Crippen LogP contribution in [0, 0.1) is 10.1 Å². The first-order chi connectivity index (χ1) is 11.7. The fourth-order valence-electron chi connectivity index (χ4n) is 2.27. The maximum atomic E-state index is 11.0. The van der Waals surface area contributed by atoms with Gasteiger partial charge in [-0.25, -0.2) is 0 Å². The van der Waals surface area contributed by atoms with E-state index in [-0.39, 0.29) is 34.6 Å². The molecule has 2 N–H and O–H groups in total. The lowest BCUT2D eigenvalue weighted by Crippen LogP contribution is -2.36. The van der Waals surface area contributed by atoms with Gasteiger partial charge in [-0.2, -0.15) is 0 Å². The minimum atomic E-state index is -0.387. The second-order valence-electron chi connectivity index (χ2n) is 4.98. The summed E-state index contributed by atoms with van der Waals surface area (Å²) in [5.74, 6) is 1.35. The van der Waals surface area contributed by atoms with Crippen LogP contribution in [0.2, 0.25) is 0 Å². The maximum absolute atomic E-state index is 11.0. The first-order valence-corrected chi connectivity index (χ1v) is 7.44. The lowest BCUT2D eigenvalue weighted by molar-refractivity contribution is -0.385. The normalized spacial score (nSPS) is 10.6. The van der Waals surface area contributed by atoms with Crippen LogP contribution in [0.3, 0.4) is 0 Å². The summed E-state index contributed by atoms with van der Waals surface area (Å²) in [6, 6.07) is 14.3. The highest BCUT2D eigenvalue weighted by Gasteiger charge is 2.12. The van der Waals surface area contributed by atoms with Crippen molar-refractivity contribution in [3.05, 3.63) is 69.8 Å². The number of aliphatic imine (C=N–C) groups is 1.